The Bertz CT molecular complexity index is 1040. The molecule has 2 aromatic carbocycles. The Morgan fingerprint density at radius 2 is 1.68 bits per heavy atom. The Morgan fingerprint density at radius 3 is 2.39 bits per heavy atom. The standard InChI is InChI=1S/C22H26ClN3O4S/c1-17-6-8-20(9-7-17)31(29,30)15-10-21(27)25-11-3-12-26(14-13-25)22(28)24-19-5-2-4-18(23)16-19/h2,4-9,16H,3,10-15H2,1H3,(H,24,28). The van der Waals surface area contributed by atoms with Crippen molar-refractivity contribution in [1.82, 2.24) is 9.80 Å². The molecule has 0 saturated carbocycles. The zero-order valence-electron chi connectivity index (χ0n) is 17.4. The molecule has 3 amide bonds. The minimum atomic E-state index is -3.52. The molecule has 0 unspecified atom stereocenters. The first kappa shape index (κ1) is 23.1. The van der Waals surface area contributed by atoms with Crippen LogP contribution in [0, 0.1) is 6.92 Å². The highest BCUT2D eigenvalue weighted by atomic mass is 35.5. The van der Waals surface area contributed by atoms with E-state index in [9.17, 15) is 18.0 Å². The lowest BCUT2D eigenvalue weighted by Gasteiger charge is -2.22. The second-order valence-electron chi connectivity index (χ2n) is 7.54. The fraction of sp³-hybridized carbons (Fsp3) is 0.364. The summed E-state index contributed by atoms with van der Waals surface area (Å²) in [6.45, 7) is 3.63. The predicted molar refractivity (Wildman–Crippen MR) is 121 cm³/mol. The van der Waals surface area contributed by atoms with E-state index >= 15 is 0 Å². The molecule has 1 aliphatic rings. The van der Waals surface area contributed by atoms with Gasteiger partial charge >= 0.3 is 6.03 Å². The van der Waals surface area contributed by atoms with Gasteiger partial charge in [0.15, 0.2) is 9.84 Å². The number of amides is 3. The number of carbonyl (C=O) groups excluding carboxylic acids is 2. The summed E-state index contributed by atoms with van der Waals surface area (Å²) in [7, 11) is -3.52. The molecule has 0 atom stereocenters. The number of anilines is 1. The van der Waals surface area contributed by atoms with Gasteiger partial charge in [0.2, 0.25) is 5.91 Å². The molecular formula is C22H26ClN3O4S. The van der Waals surface area contributed by atoms with E-state index in [0.717, 1.165) is 5.56 Å². The van der Waals surface area contributed by atoms with Crippen molar-refractivity contribution >= 4 is 39.1 Å². The summed E-state index contributed by atoms with van der Waals surface area (Å²) in [5.41, 5.74) is 1.58. The van der Waals surface area contributed by atoms with E-state index in [1.807, 2.05) is 6.92 Å². The van der Waals surface area contributed by atoms with Gasteiger partial charge in [0.1, 0.15) is 0 Å². The molecule has 1 fully saturated rings. The molecule has 7 nitrogen and oxygen atoms in total. The zero-order chi connectivity index (χ0) is 22.4. The highest BCUT2D eigenvalue weighted by molar-refractivity contribution is 7.91. The molecule has 166 valence electrons. The summed E-state index contributed by atoms with van der Waals surface area (Å²) in [5.74, 6) is -0.447. The molecule has 2 aromatic rings. The summed E-state index contributed by atoms with van der Waals surface area (Å²) in [6, 6.07) is 13.3. The molecule has 1 heterocycles. The second kappa shape index (κ2) is 10.2. The van der Waals surface area contributed by atoms with Gasteiger partial charge in [0.25, 0.3) is 0 Å². The number of hydrogen-bond acceptors (Lipinski definition) is 4. The fourth-order valence-corrected chi connectivity index (χ4v) is 4.80. The third-order valence-electron chi connectivity index (χ3n) is 5.18. The van der Waals surface area contributed by atoms with Gasteiger partial charge in [-0.15, -0.1) is 0 Å². The fourth-order valence-electron chi connectivity index (χ4n) is 3.38. The lowest BCUT2D eigenvalue weighted by Crippen LogP contribution is -2.39. The molecule has 3 rings (SSSR count). The molecule has 0 spiro atoms. The molecule has 1 N–H and O–H groups in total. The minimum Gasteiger partial charge on any atom is -0.341 e. The molecule has 0 bridgehead atoms. The molecule has 31 heavy (non-hydrogen) atoms. The van der Waals surface area contributed by atoms with Crippen LogP contribution >= 0.6 is 11.6 Å². The summed E-state index contributed by atoms with van der Waals surface area (Å²) in [4.78, 5) is 28.7. The van der Waals surface area contributed by atoms with E-state index in [1.165, 1.54) is 0 Å². The zero-order valence-corrected chi connectivity index (χ0v) is 19.0. The number of nitrogens with one attached hydrogen (secondary N) is 1. The number of nitrogens with zero attached hydrogens (tertiary/aromatic N) is 2. The van der Waals surface area contributed by atoms with Crippen LogP contribution in [-0.2, 0) is 14.6 Å². The Kier molecular flexibility index (Phi) is 7.56. The number of hydrogen-bond donors (Lipinski definition) is 1. The number of rotatable bonds is 5. The summed E-state index contributed by atoms with van der Waals surface area (Å²) in [6.07, 6.45) is 0.546. The number of carbonyl (C=O) groups is 2. The van der Waals surface area contributed by atoms with Crippen molar-refractivity contribution in [2.24, 2.45) is 0 Å². The van der Waals surface area contributed by atoms with Crippen LogP contribution < -0.4 is 5.32 Å². The summed E-state index contributed by atoms with van der Waals surface area (Å²) in [5, 5.41) is 3.34. The van der Waals surface area contributed by atoms with E-state index in [0.29, 0.717) is 43.3 Å². The van der Waals surface area contributed by atoms with Crippen LogP contribution in [0.2, 0.25) is 5.02 Å². The largest absolute Gasteiger partial charge is 0.341 e. The van der Waals surface area contributed by atoms with E-state index in [4.69, 9.17) is 11.6 Å². The molecule has 0 radical (unpaired) electrons. The van der Waals surface area contributed by atoms with Crippen molar-refractivity contribution < 1.29 is 18.0 Å². The number of halogens is 1. The number of urea groups is 1. The van der Waals surface area contributed by atoms with Crippen molar-refractivity contribution in [2.75, 3.05) is 37.2 Å². The van der Waals surface area contributed by atoms with Crippen LogP contribution in [0.5, 0.6) is 0 Å². The highest BCUT2D eigenvalue weighted by Gasteiger charge is 2.24. The molecule has 1 saturated heterocycles. The smallest absolute Gasteiger partial charge is 0.321 e. The third-order valence-corrected chi connectivity index (χ3v) is 7.14. The maximum absolute atomic E-state index is 12.6. The molecule has 0 aliphatic carbocycles. The maximum Gasteiger partial charge on any atom is 0.321 e. The van der Waals surface area contributed by atoms with Gasteiger partial charge in [-0.05, 0) is 43.7 Å². The van der Waals surface area contributed by atoms with Gasteiger partial charge in [-0.1, -0.05) is 35.4 Å². The Labute approximate surface area is 187 Å². The average molecular weight is 464 g/mol. The van der Waals surface area contributed by atoms with Gasteiger partial charge in [-0.2, -0.15) is 0 Å². The first-order valence-electron chi connectivity index (χ1n) is 10.1. The molecule has 1 aliphatic heterocycles. The van der Waals surface area contributed by atoms with Crippen molar-refractivity contribution in [3.63, 3.8) is 0 Å². The van der Waals surface area contributed by atoms with Crippen molar-refractivity contribution in [1.29, 1.82) is 0 Å². The quantitative estimate of drug-likeness (QED) is 0.734. The first-order valence-corrected chi connectivity index (χ1v) is 12.2. The van der Waals surface area contributed by atoms with Gasteiger partial charge in [-0.25, -0.2) is 13.2 Å². The van der Waals surface area contributed by atoms with Crippen LogP contribution in [0.4, 0.5) is 10.5 Å². The molecule has 0 aromatic heterocycles. The van der Waals surface area contributed by atoms with Crippen LogP contribution in [0.1, 0.15) is 18.4 Å². The van der Waals surface area contributed by atoms with Crippen LogP contribution in [0.25, 0.3) is 0 Å². The molecule has 9 heteroatoms. The van der Waals surface area contributed by atoms with Crippen molar-refractivity contribution in [3.05, 3.63) is 59.1 Å². The maximum atomic E-state index is 12.6. The highest BCUT2D eigenvalue weighted by Crippen LogP contribution is 2.17. The van der Waals surface area contributed by atoms with E-state index in [1.54, 1.807) is 58.3 Å². The molecular weight excluding hydrogens is 438 g/mol. The Balaban J connectivity index is 1.52. The van der Waals surface area contributed by atoms with Crippen LogP contribution in [0.15, 0.2) is 53.4 Å². The minimum absolute atomic E-state index is 0.0785. The van der Waals surface area contributed by atoms with Gasteiger partial charge in [0.05, 0.1) is 10.6 Å². The number of benzene rings is 2. The SMILES string of the molecule is Cc1ccc(S(=O)(=O)CCC(=O)N2CCCN(C(=O)Nc3cccc(Cl)c3)CC2)cc1. The van der Waals surface area contributed by atoms with Gasteiger partial charge in [-0.3, -0.25) is 4.79 Å². The third kappa shape index (κ3) is 6.45. The number of sulfone groups is 1. The van der Waals surface area contributed by atoms with E-state index in [2.05, 4.69) is 5.32 Å². The average Bonchev–Trinajstić information content (AvgIpc) is 2.99. The number of aryl methyl sites for hydroxylation is 1. The summed E-state index contributed by atoms with van der Waals surface area (Å²) >= 11 is 5.95. The monoisotopic (exact) mass is 463 g/mol. The lowest BCUT2D eigenvalue weighted by atomic mass is 10.2. The van der Waals surface area contributed by atoms with Crippen molar-refractivity contribution in [2.45, 2.75) is 24.7 Å². The first-order chi connectivity index (χ1) is 14.7. The van der Waals surface area contributed by atoms with Gasteiger partial charge < -0.3 is 15.1 Å². The Hall–Kier alpha value is -2.58. The van der Waals surface area contributed by atoms with Crippen LogP contribution in [0.3, 0.4) is 0 Å². The van der Waals surface area contributed by atoms with E-state index < -0.39 is 9.84 Å². The van der Waals surface area contributed by atoms with Crippen LogP contribution in [-0.4, -0.2) is 62.1 Å². The Morgan fingerprint density at radius 1 is 1.00 bits per heavy atom. The van der Waals surface area contributed by atoms with Crippen molar-refractivity contribution in [3.8, 4) is 0 Å². The lowest BCUT2D eigenvalue weighted by molar-refractivity contribution is -0.130. The van der Waals surface area contributed by atoms with E-state index in [-0.39, 0.29) is 29.0 Å². The predicted octanol–water partition coefficient (Wildman–Crippen LogP) is 3.58. The normalized spacial score (nSPS) is 14.8. The summed E-state index contributed by atoms with van der Waals surface area (Å²) < 4.78 is 25.0. The second-order valence-corrected chi connectivity index (χ2v) is 10.1. The topological polar surface area (TPSA) is 86.8 Å². The van der Waals surface area contributed by atoms with Gasteiger partial charge in [0, 0.05) is 43.3 Å².